The van der Waals surface area contributed by atoms with Gasteiger partial charge in [0.1, 0.15) is 0 Å². The SMILES string of the molecule is Cc1ccc(C(=O)N2CCc3[nH]nc(C(=O)N4CCC(Cc5ccccc5)CC4)c3C2)cc1. The van der Waals surface area contributed by atoms with Gasteiger partial charge in [0, 0.05) is 42.9 Å². The highest BCUT2D eigenvalue weighted by Crippen LogP contribution is 2.26. The number of hydrogen-bond donors (Lipinski definition) is 1. The summed E-state index contributed by atoms with van der Waals surface area (Å²) in [5.74, 6) is 0.587. The average molecular weight is 443 g/mol. The van der Waals surface area contributed by atoms with E-state index in [-0.39, 0.29) is 11.8 Å². The Balaban J connectivity index is 1.24. The number of aromatic nitrogens is 2. The van der Waals surface area contributed by atoms with Crippen molar-refractivity contribution in [3.8, 4) is 0 Å². The largest absolute Gasteiger partial charge is 0.337 e. The fourth-order valence-electron chi connectivity index (χ4n) is 4.96. The van der Waals surface area contributed by atoms with Crippen molar-refractivity contribution >= 4 is 11.8 Å². The molecule has 6 heteroatoms. The van der Waals surface area contributed by atoms with Gasteiger partial charge in [0.15, 0.2) is 5.69 Å². The lowest BCUT2D eigenvalue weighted by Crippen LogP contribution is -2.40. The highest BCUT2D eigenvalue weighted by atomic mass is 16.2. The van der Waals surface area contributed by atoms with E-state index in [1.165, 1.54) is 5.56 Å². The molecule has 1 aromatic heterocycles. The van der Waals surface area contributed by atoms with Gasteiger partial charge in [0.25, 0.3) is 11.8 Å². The fourth-order valence-corrected chi connectivity index (χ4v) is 4.96. The third-order valence-electron chi connectivity index (χ3n) is 6.99. The van der Waals surface area contributed by atoms with E-state index in [2.05, 4.69) is 34.5 Å². The van der Waals surface area contributed by atoms with E-state index >= 15 is 0 Å². The number of rotatable bonds is 4. The molecule has 1 saturated heterocycles. The van der Waals surface area contributed by atoms with E-state index in [1.807, 2.05) is 47.1 Å². The summed E-state index contributed by atoms with van der Waals surface area (Å²) < 4.78 is 0. The third-order valence-corrected chi connectivity index (χ3v) is 6.99. The maximum Gasteiger partial charge on any atom is 0.274 e. The lowest BCUT2D eigenvalue weighted by atomic mass is 9.90. The number of fused-ring (bicyclic) bond motifs is 1. The quantitative estimate of drug-likeness (QED) is 0.664. The van der Waals surface area contributed by atoms with Crippen LogP contribution >= 0.6 is 0 Å². The first-order valence-corrected chi connectivity index (χ1v) is 11.8. The molecule has 3 heterocycles. The van der Waals surface area contributed by atoms with Crippen LogP contribution in [-0.2, 0) is 19.4 Å². The summed E-state index contributed by atoms with van der Waals surface area (Å²) >= 11 is 0. The van der Waals surface area contributed by atoms with Crippen molar-refractivity contribution in [3.05, 3.63) is 88.2 Å². The molecule has 2 aromatic carbocycles. The summed E-state index contributed by atoms with van der Waals surface area (Å²) in [6, 6.07) is 18.2. The summed E-state index contributed by atoms with van der Waals surface area (Å²) in [6.07, 6.45) is 3.76. The van der Waals surface area contributed by atoms with Crippen LogP contribution in [0.2, 0.25) is 0 Å². The molecular weight excluding hydrogens is 412 g/mol. The summed E-state index contributed by atoms with van der Waals surface area (Å²) in [6.45, 7) is 4.56. The predicted molar refractivity (Wildman–Crippen MR) is 127 cm³/mol. The van der Waals surface area contributed by atoms with Crippen LogP contribution in [0.3, 0.4) is 0 Å². The van der Waals surface area contributed by atoms with E-state index in [4.69, 9.17) is 0 Å². The van der Waals surface area contributed by atoms with Crippen LogP contribution in [0.15, 0.2) is 54.6 Å². The zero-order valence-electron chi connectivity index (χ0n) is 19.1. The first-order chi connectivity index (χ1) is 16.1. The molecule has 2 amide bonds. The second kappa shape index (κ2) is 9.22. The fraction of sp³-hybridized carbons (Fsp3) is 0.370. The van der Waals surface area contributed by atoms with Gasteiger partial charge in [-0.1, -0.05) is 48.0 Å². The molecule has 6 nitrogen and oxygen atoms in total. The number of carbonyl (C=O) groups excluding carboxylic acids is 2. The van der Waals surface area contributed by atoms with Crippen molar-refractivity contribution in [2.75, 3.05) is 19.6 Å². The molecule has 0 unspecified atom stereocenters. The molecule has 33 heavy (non-hydrogen) atoms. The summed E-state index contributed by atoms with van der Waals surface area (Å²) in [7, 11) is 0. The van der Waals surface area contributed by atoms with Crippen molar-refractivity contribution in [1.29, 1.82) is 0 Å². The topological polar surface area (TPSA) is 69.3 Å². The number of aryl methyl sites for hydroxylation is 1. The maximum atomic E-state index is 13.3. The number of carbonyl (C=O) groups is 2. The lowest BCUT2D eigenvalue weighted by molar-refractivity contribution is 0.0671. The smallest absolute Gasteiger partial charge is 0.274 e. The molecule has 1 fully saturated rings. The van der Waals surface area contributed by atoms with Crippen LogP contribution in [0.25, 0.3) is 0 Å². The van der Waals surface area contributed by atoms with Crippen LogP contribution in [0.5, 0.6) is 0 Å². The first kappa shape index (κ1) is 21.4. The molecule has 1 N–H and O–H groups in total. The number of H-pyrrole nitrogens is 1. The van der Waals surface area contributed by atoms with Crippen molar-refractivity contribution < 1.29 is 9.59 Å². The number of nitrogens with one attached hydrogen (secondary N) is 1. The van der Waals surface area contributed by atoms with Gasteiger partial charge < -0.3 is 9.80 Å². The van der Waals surface area contributed by atoms with Gasteiger partial charge >= 0.3 is 0 Å². The van der Waals surface area contributed by atoms with Gasteiger partial charge in [-0.25, -0.2) is 0 Å². The van der Waals surface area contributed by atoms with E-state index in [0.29, 0.717) is 36.7 Å². The molecule has 0 saturated carbocycles. The van der Waals surface area contributed by atoms with Crippen LogP contribution in [0, 0.1) is 12.8 Å². The molecule has 2 aliphatic rings. The minimum Gasteiger partial charge on any atom is -0.337 e. The summed E-state index contributed by atoms with van der Waals surface area (Å²) in [5, 5.41) is 7.44. The van der Waals surface area contributed by atoms with Crippen molar-refractivity contribution in [2.45, 2.75) is 39.2 Å². The van der Waals surface area contributed by atoms with E-state index in [0.717, 1.165) is 49.2 Å². The predicted octanol–water partition coefficient (Wildman–Crippen LogP) is 4.01. The van der Waals surface area contributed by atoms with Gasteiger partial charge in [-0.2, -0.15) is 5.10 Å². The maximum absolute atomic E-state index is 13.3. The van der Waals surface area contributed by atoms with Gasteiger partial charge in [0.2, 0.25) is 0 Å². The molecule has 3 aromatic rings. The van der Waals surface area contributed by atoms with Gasteiger partial charge in [-0.15, -0.1) is 0 Å². The van der Waals surface area contributed by atoms with E-state index in [1.54, 1.807) is 0 Å². The second-order valence-corrected chi connectivity index (χ2v) is 9.30. The number of aromatic amines is 1. The number of nitrogens with zero attached hydrogens (tertiary/aromatic N) is 3. The van der Waals surface area contributed by atoms with E-state index in [9.17, 15) is 9.59 Å². The molecule has 5 rings (SSSR count). The normalized spacial score (nSPS) is 16.5. The Kier molecular flexibility index (Phi) is 5.99. The standard InChI is InChI=1S/C27H30N4O2/c1-19-7-9-22(10-8-19)26(32)31-16-13-24-23(18-31)25(29-28-24)27(33)30-14-11-21(12-15-30)17-20-5-3-2-4-6-20/h2-10,21H,11-18H2,1H3,(H,28,29). The first-order valence-electron chi connectivity index (χ1n) is 11.8. The molecule has 0 aliphatic carbocycles. The zero-order valence-corrected chi connectivity index (χ0v) is 19.1. The van der Waals surface area contributed by atoms with Crippen LogP contribution in [0.1, 0.15) is 56.1 Å². The van der Waals surface area contributed by atoms with Crippen LogP contribution in [0.4, 0.5) is 0 Å². The second-order valence-electron chi connectivity index (χ2n) is 9.30. The van der Waals surface area contributed by atoms with Crippen molar-refractivity contribution in [3.63, 3.8) is 0 Å². The Morgan fingerprint density at radius 2 is 1.67 bits per heavy atom. The molecule has 0 radical (unpaired) electrons. The van der Waals surface area contributed by atoms with Crippen molar-refractivity contribution in [1.82, 2.24) is 20.0 Å². The number of piperidine rings is 1. The minimum atomic E-state index is -0.0182. The highest BCUT2D eigenvalue weighted by Gasteiger charge is 2.31. The Morgan fingerprint density at radius 3 is 2.39 bits per heavy atom. The van der Waals surface area contributed by atoms with Crippen molar-refractivity contribution in [2.24, 2.45) is 5.92 Å². The van der Waals surface area contributed by atoms with Gasteiger partial charge in [-0.3, -0.25) is 14.7 Å². The average Bonchev–Trinajstić information content (AvgIpc) is 3.28. The number of likely N-dealkylation sites (tertiary alicyclic amines) is 1. The minimum absolute atomic E-state index is 0.00183. The highest BCUT2D eigenvalue weighted by molar-refractivity contribution is 5.96. The van der Waals surface area contributed by atoms with E-state index < -0.39 is 0 Å². The number of amides is 2. The Hall–Kier alpha value is -3.41. The summed E-state index contributed by atoms with van der Waals surface area (Å²) in [4.78, 5) is 30.1. The Morgan fingerprint density at radius 1 is 0.939 bits per heavy atom. The number of benzene rings is 2. The Bertz CT molecular complexity index is 1130. The summed E-state index contributed by atoms with van der Waals surface area (Å²) in [5.41, 5.74) is 5.50. The monoisotopic (exact) mass is 442 g/mol. The molecular formula is C27H30N4O2. The molecule has 0 bridgehead atoms. The van der Waals surface area contributed by atoms with Gasteiger partial charge in [-0.05, 0) is 49.8 Å². The molecule has 0 spiro atoms. The lowest BCUT2D eigenvalue weighted by Gasteiger charge is -2.32. The van der Waals surface area contributed by atoms with Crippen LogP contribution in [-0.4, -0.2) is 51.4 Å². The molecule has 0 atom stereocenters. The molecule has 2 aliphatic heterocycles. The zero-order chi connectivity index (χ0) is 22.8. The van der Waals surface area contributed by atoms with Crippen LogP contribution < -0.4 is 0 Å². The van der Waals surface area contributed by atoms with Gasteiger partial charge in [0.05, 0.1) is 6.54 Å². The third kappa shape index (κ3) is 4.56. The Labute approximate surface area is 194 Å². The molecule has 170 valence electrons. The number of hydrogen-bond acceptors (Lipinski definition) is 3.